The Balaban J connectivity index is 1.40. The third-order valence-corrected chi connectivity index (χ3v) is 3.88. The van der Waals surface area contributed by atoms with E-state index in [-0.39, 0.29) is 6.29 Å². The molecule has 0 saturated carbocycles. The Morgan fingerprint density at radius 3 is 3.00 bits per heavy atom. The molecule has 1 atom stereocenters. The Morgan fingerprint density at radius 1 is 1.24 bits per heavy atom. The molecule has 21 heavy (non-hydrogen) atoms. The van der Waals surface area contributed by atoms with Gasteiger partial charge in [-0.15, -0.1) is 0 Å². The standard InChI is InChI=1S/C16H23NO4/c1-17(8-4-10-19-16-5-2-3-9-18-16)13-6-7-14-15(11-13)21-12-20-14/h6-7,11,16H,2-5,8-10,12H2,1H3/t16-/m1/s1. The Labute approximate surface area is 125 Å². The molecule has 1 saturated heterocycles. The van der Waals surface area contributed by atoms with Crippen molar-refractivity contribution in [3.05, 3.63) is 18.2 Å². The van der Waals surface area contributed by atoms with Crippen LogP contribution < -0.4 is 14.4 Å². The fraction of sp³-hybridized carbons (Fsp3) is 0.625. The zero-order valence-corrected chi connectivity index (χ0v) is 12.5. The summed E-state index contributed by atoms with van der Waals surface area (Å²) in [6.07, 6.45) is 4.38. The zero-order chi connectivity index (χ0) is 14.5. The van der Waals surface area contributed by atoms with Crippen molar-refractivity contribution in [3.63, 3.8) is 0 Å². The summed E-state index contributed by atoms with van der Waals surface area (Å²) in [5, 5.41) is 0. The van der Waals surface area contributed by atoms with Gasteiger partial charge in [-0.1, -0.05) is 0 Å². The SMILES string of the molecule is CN(CCCO[C@@H]1CCCCO1)c1ccc2c(c1)OCO2. The fourth-order valence-corrected chi connectivity index (χ4v) is 2.61. The van der Waals surface area contributed by atoms with Crippen LogP contribution in [-0.2, 0) is 9.47 Å². The highest BCUT2D eigenvalue weighted by Gasteiger charge is 2.15. The highest BCUT2D eigenvalue weighted by molar-refractivity contribution is 5.56. The lowest BCUT2D eigenvalue weighted by atomic mass is 10.2. The normalized spacial score (nSPS) is 20.5. The summed E-state index contributed by atoms with van der Waals surface area (Å²) in [4.78, 5) is 2.20. The predicted molar refractivity (Wildman–Crippen MR) is 80.0 cm³/mol. The second kappa shape index (κ2) is 7.00. The summed E-state index contributed by atoms with van der Waals surface area (Å²) in [6.45, 7) is 2.82. The van der Waals surface area contributed by atoms with E-state index >= 15 is 0 Å². The quantitative estimate of drug-likeness (QED) is 0.754. The lowest BCUT2D eigenvalue weighted by Crippen LogP contribution is -2.25. The van der Waals surface area contributed by atoms with E-state index in [1.165, 1.54) is 6.42 Å². The molecule has 0 N–H and O–H groups in total. The minimum atomic E-state index is 0.00889. The van der Waals surface area contributed by atoms with E-state index in [0.717, 1.165) is 56.2 Å². The zero-order valence-electron chi connectivity index (χ0n) is 12.5. The van der Waals surface area contributed by atoms with Crippen molar-refractivity contribution in [1.82, 2.24) is 0 Å². The van der Waals surface area contributed by atoms with Crippen LogP contribution in [0.1, 0.15) is 25.7 Å². The average Bonchev–Trinajstić information content (AvgIpc) is 3.00. The molecule has 1 fully saturated rings. The van der Waals surface area contributed by atoms with Gasteiger partial charge in [0.2, 0.25) is 6.79 Å². The van der Waals surface area contributed by atoms with Gasteiger partial charge in [0.25, 0.3) is 0 Å². The third kappa shape index (κ3) is 3.80. The molecule has 0 unspecified atom stereocenters. The van der Waals surface area contributed by atoms with E-state index in [9.17, 15) is 0 Å². The summed E-state index contributed by atoms with van der Waals surface area (Å²) in [6, 6.07) is 6.03. The van der Waals surface area contributed by atoms with E-state index in [1.807, 2.05) is 12.1 Å². The molecule has 3 rings (SSSR count). The highest BCUT2D eigenvalue weighted by Crippen LogP contribution is 2.35. The van der Waals surface area contributed by atoms with Crippen molar-refractivity contribution in [2.24, 2.45) is 0 Å². The number of hydrogen-bond donors (Lipinski definition) is 0. The molecule has 116 valence electrons. The van der Waals surface area contributed by atoms with Crippen LogP contribution in [0.15, 0.2) is 18.2 Å². The van der Waals surface area contributed by atoms with E-state index in [0.29, 0.717) is 6.79 Å². The molecule has 0 aliphatic carbocycles. The van der Waals surface area contributed by atoms with Crippen LogP contribution in [0.2, 0.25) is 0 Å². The summed E-state index contributed by atoms with van der Waals surface area (Å²) in [5.41, 5.74) is 1.13. The first kappa shape index (κ1) is 14.5. The van der Waals surface area contributed by atoms with Crippen LogP contribution in [0.25, 0.3) is 0 Å². The van der Waals surface area contributed by atoms with Crippen LogP contribution in [0, 0.1) is 0 Å². The van der Waals surface area contributed by atoms with Gasteiger partial charge in [-0.3, -0.25) is 0 Å². The maximum atomic E-state index is 5.75. The fourth-order valence-electron chi connectivity index (χ4n) is 2.61. The second-order valence-corrected chi connectivity index (χ2v) is 5.48. The van der Waals surface area contributed by atoms with Crippen molar-refractivity contribution in [2.45, 2.75) is 32.0 Å². The summed E-state index contributed by atoms with van der Waals surface area (Å²) in [7, 11) is 2.08. The maximum Gasteiger partial charge on any atom is 0.231 e. The third-order valence-electron chi connectivity index (χ3n) is 3.88. The van der Waals surface area contributed by atoms with Gasteiger partial charge in [0.05, 0.1) is 6.61 Å². The molecule has 2 aliphatic rings. The Bertz CT molecular complexity index is 460. The van der Waals surface area contributed by atoms with Gasteiger partial charge < -0.3 is 23.8 Å². The predicted octanol–water partition coefficient (Wildman–Crippen LogP) is 2.78. The van der Waals surface area contributed by atoms with E-state index in [1.54, 1.807) is 0 Å². The first-order valence-electron chi connectivity index (χ1n) is 7.67. The number of ether oxygens (including phenoxy) is 4. The summed E-state index contributed by atoms with van der Waals surface area (Å²) in [5.74, 6) is 1.65. The molecule has 1 aromatic carbocycles. The molecule has 0 bridgehead atoms. The molecule has 0 radical (unpaired) electrons. The number of nitrogens with zero attached hydrogens (tertiary/aromatic N) is 1. The second-order valence-electron chi connectivity index (χ2n) is 5.48. The number of rotatable bonds is 6. The number of benzene rings is 1. The molecular weight excluding hydrogens is 270 g/mol. The first-order valence-corrected chi connectivity index (χ1v) is 7.67. The molecule has 0 amide bonds. The smallest absolute Gasteiger partial charge is 0.231 e. The Kier molecular flexibility index (Phi) is 4.83. The average molecular weight is 293 g/mol. The van der Waals surface area contributed by atoms with E-state index in [2.05, 4.69) is 18.0 Å². The van der Waals surface area contributed by atoms with Crippen LogP contribution in [0.4, 0.5) is 5.69 Å². The first-order chi connectivity index (χ1) is 10.3. The van der Waals surface area contributed by atoms with Crippen LogP contribution in [0.5, 0.6) is 11.5 Å². The number of fused-ring (bicyclic) bond motifs is 1. The van der Waals surface area contributed by atoms with Crippen molar-refractivity contribution in [3.8, 4) is 11.5 Å². The largest absolute Gasteiger partial charge is 0.454 e. The Morgan fingerprint density at radius 2 is 2.14 bits per heavy atom. The molecule has 2 heterocycles. The minimum Gasteiger partial charge on any atom is -0.454 e. The lowest BCUT2D eigenvalue weighted by Gasteiger charge is -2.24. The van der Waals surface area contributed by atoms with Crippen molar-refractivity contribution < 1.29 is 18.9 Å². The Hall–Kier alpha value is -1.46. The highest BCUT2D eigenvalue weighted by atomic mass is 16.7. The topological polar surface area (TPSA) is 40.2 Å². The summed E-state index contributed by atoms with van der Waals surface area (Å²) < 4.78 is 22.0. The van der Waals surface area contributed by atoms with Gasteiger partial charge >= 0.3 is 0 Å². The van der Waals surface area contributed by atoms with Crippen LogP contribution in [0.3, 0.4) is 0 Å². The monoisotopic (exact) mass is 293 g/mol. The molecule has 0 aromatic heterocycles. The number of anilines is 1. The van der Waals surface area contributed by atoms with Gasteiger partial charge in [0, 0.05) is 32.0 Å². The number of hydrogen-bond acceptors (Lipinski definition) is 5. The van der Waals surface area contributed by atoms with Crippen molar-refractivity contribution in [2.75, 3.05) is 38.5 Å². The minimum absolute atomic E-state index is 0.00889. The molecular formula is C16H23NO4. The molecule has 5 nitrogen and oxygen atoms in total. The van der Waals surface area contributed by atoms with Gasteiger partial charge in [0.1, 0.15) is 0 Å². The molecule has 0 spiro atoms. The van der Waals surface area contributed by atoms with Crippen LogP contribution >= 0.6 is 0 Å². The maximum absolute atomic E-state index is 5.75. The lowest BCUT2D eigenvalue weighted by molar-refractivity contribution is -0.162. The van der Waals surface area contributed by atoms with Crippen molar-refractivity contribution in [1.29, 1.82) is 0 Å². The van der Waals surface area contributed by atoms with E-state index < -0.39 is 0 Å². The van der Waals surface area contributed by atoms with Crippen LogP contribution in [-0.4, -0.2) is 39.9 Å². The summed E-state index contributed by atoms with van der Waals surface area (Å²) >= 11 is 0. The van der Waals surface area contributed by atoms with E-state index in [4.69, 9.17) is 18.9 Å². The van der Waals surface area contributed by atoms with Gasteiger partial charge in [0.15, 0.2) is 17.8 Å². The molecule has 5 heteroatoms. The molecule has 2 aliphatic heterocycles. The van der Waals surface area contributed by atoms with Gasteiger partial charge in [-0.2, -0.15) is 0 Å². The van der Waals surface area contributed by atoms with Gasteiger partial charge in [-0.25, -0.2) is 0 Å². The van der Waals surface area contributed by atoms with Crippen molar-refractivity contribution >= 4 is 5.69 Å². The molecule has 1 aromatic rings. The van der Waals surface area contributed by atoms with Gasteiger partial charge in [-0.05, 0) is 37.8 Å².